The van der Waals surface area contributed by atoms with Crippen LogP contribution in [0.4, 0.5) is 8.78 Å². The normalized spacial score (nSPS) is 17.4. The highest BCUT2D eigenvalue weighted by molar-refractivity contribution is 6.30. The van der Waals surface area contributed by atoms with Crippen molar-refractivity contribution in [3.63, 3.8) is 0 Å². The first-order chi connectivity index (χ1) is 17.7. The lowest BCUT2D eigenvalue weighted by Crippen LogP contribution is -2.42. The summed E-state index contributed by atoms with van der Waals surface area (Å²) < 4.78 is 39.3. The molecule has 12 heteroatoms. The summed E-state index contributed by atoms with van der Waals surface area (Å²) in [5, 5.41) is 5.19. The van der Waals surface area contributed by atoms with Crippen LogP contribution < -0.4 is 20.9 Å². The van der Waals surface area contributed by atoms with Crippen molar-refractivity contribution >= 4 is 34.3 Å². The van der Waals surface area contributed by atoms with Crippen molar-refractivity contribution in [2.24, 2.45) is 0 Å². The van der Waals surface area contributed by atoms with Gasteiger partial charge in [-0.3, -0.25) is 14.4 Å². The van der Waals surface area contributed by atoms with Crippen LogP contribution >= 0.6 is 11.6 Å². The molecule has 0 radical (unpaired) electrons. The highest BCUT2D eigenvalue weighted by Crippen LogP contribution is 2.26. The summed E-state index contributed by atoms with van der Waals surface area (Å²) in [5.74, 6) is -2.64. The minimum absolute atomic E-state index is 0.0210. The summed E-state index contributed by atoms with van der Waals surface area (Å²) in [4.78, 5) is 43.0. The van der Waals surface area contributed by atoms with E-state index < -0.39 is 23.1 Å². The van der Waals surface area contributed by atoms with Gasteiger partial charge >= 0.3 is 0 Å². The zero-order valence-corrected chi connectivity index (χ0v) is 20.7. The minimum Gasteiger partial charge on any atom is -0.489 e. The molecule has 0 bridgehead atoms. The van der Waals surface area contributed by atoms with Crippen LogP contribution in [0.2, 0.25) is 5.02 Å². The zero-order valence-electron chi connectivity index (χ0n) is 19.9. The number of aromatic amines is 1. The second-order valence-corrected chi connectivity index (χ2v) is 9.09. The molecule has 0 saturated carbocycles. The average molecular weight is 535 g/mol. The van der Waals surface area contributed by atoms with Crippen LogP contribution in [-0.4, -0.2) is 47.1 Å². The molecule has 2 atom stereocenters. The maximum Gasteiger partial charge on any atom is 0.287 e. The fourth-order valence-electron chi connectivity index (χ4n) is 4.07. The van der Waals surface area contributed by atoms with Gasteiger partial charge in [0.2, 0.25) is 5.91 Å². The minimum atomic E-state index is -0.736. The molecule has 0 aliphatic carbocycles. The SMILES string of the molecule is CC(=O)NC1CCC(CCOc2c(F)ccc3nc(C(=O)NCc4ccc(F)c(Cl)c4)[nH]c(=O)c23)OC1. The highest BCUT2D eigenvalue weighted by Gasteiger charge is 2.23. The standard InChI is InChI=1S/C25H25ClF2N4O5/c1-13(33)30-15-3-4-16(37-12-15)8-9-36-22-19(28)6-7-20-21(22)24(34)32-23(31-20)25(35)29-11-14-2-5-18(27)17(26)10-14/h2,5-7,10,15-16H,3-4,8-9,11-12H2,1H3,(H,29,35)(H,30,33)(H,31,32,34). The maximum atomic E-state index is 14.6. The maximum absolute atomic E-state index is 14.6. The van der Waals surface area contributed by atoms with Gasteiger partial charge in [0.15, 0.2) is 17.4 Å². The lowest BCUT2D eigenvalue weighted by Gasteiger charge is -2.29. The molecular weight excluding hydrogens is 510 g/mol. The van der Waals surface area contributed by atoms with Crippen LogP contribution in [0.5, 0.6) is 5.75 Å². The van der Waals surface area contributed by atoms with Gasteiger partial charge in [-0.15, -0.1) is 0 Å². The second-order valence-electron chi connectivity index (χ2n) is 8.68. The largest absolute Gasteiger partial charge is 0.489 e. The number of benzene rings is 2. The van der Waals surface area contributed by atoms with Crippen molar-refractivity contribution in [1.29, 1.82) is 0 Å². The van der Waals surface area contributed by atoms with Gasteiger partial charge in [0.05, 0.1) is 35.9 Å². The van der Waals surface area contributed by atoms with Gasteiger partial charge in [-0.25, -0.2) is 13.8 Å². The monoisotopic (exact) mass is 534 g/mol. The summed E-state index contributed by atoms with van der Waals surface area (Å²) in [6.07, 6.45) is 1.81. The molecule has 2 amide bonds. The fraction of sp³-hybridized carbons (Fsp3) is 0.360. The lowest BCUT2D eigenvalue weighted by molar-refractivity contribution is -0.121. The molecule has 9 nitrogen and oxygen atoms in total. The Morgan fingerprint density at radius 1 is 1.22 bits per heavy atom. The molecule has 3 N–H and O–H groups in total. The van der Waals surface area contributed by atoms with Gasteiger partial charge in [0.1, 0.15) is 11.2 Å². The highest BCUT2D eigenvalue weighted by atomic mass is 35.5. The number of fused-ring (bicyclic) bond motifs is 1. The van der Waals surface area contributed by atoms with Gasteiger partial charge in [0, 0.05) is 19.9 Å². The van der Waals surface area contributed by atoms with Crippen LogP contribution in [0.1, 0.15) is 42.4 Å². The first-order valence-electron chi connectivity index (χ1n) is 11.7. The molecule has 196 valence electrons. The van der Waals surface area contributed by atoms with Crippen molar-refractivity contribution in [2.45, 2.75) is 44.9 Å². The molecule has 3 aromatic rings. The zero-order chi connectivity index (χ0) is 26.5. The molecule has 0 spiro atoms. The van der Waals surface area contributed by atoms with E-state index in [0.717, 1.165) is 12.5 Å². The summed E-state index contributed by atoms with van der Waals surface area (Å²) in [6, 6.07) is 6.38. The van der Waals surface area contributed by atoms with E-state index in [-0.39, 0.29) is 58.7 Å². The Hall–Kier alpha value is -3.57. The molecular formula is C25H25ClF2N4O5. The fourth-order valence-corrected chi connectivity index (χ4v) is 4.27. The lowest BCUT2D eigenvalue weighted by atomic mass is 10.0. The van der Waals surface area contributed by atoms with Crippen LogP contribution in [0.25, 0.3) is 10.9 Å². The number of amides is 2. The number of nitrogens with one attached hydrogen (secondary N) is 3. The molecule has 1 aliphatic rings. The molecule has 1 aliphatic heterocycles. The summed E-state index contributed by atoms with van der Waals surface area (Å²) in [6.45, 7) is 1.95. The molecule has 1 aromatic heterocycles. The number of hydrogen-bond acceptors (Lipinski definition) is 6. The van der Waals surface area contributed by atoms with E-state index in [1.807, 2.05) is 0 Å². The number of carbonyl (C=O) groups is 2. The first-order valence-corrected chi connectivity index (χ1v) is 12.0. The molecule has 2 aromatic carbocycles. The average Bonchev–Trinajstić information content (AvgIpc) is 2.86. The van der Waals surface area contributed by atoms with E-state index in [1.165, 1.54) is 31.2 Å². The third kappa shape index (κ3) is 6.60. The summed E-state index contributed by atoms with van der Waals surface area (Å²) in [7, 11) is 0. The molecule has 2 heterocycles. The van der Waals surface area contributed by atoms with Crippen molar-refractivity contribution in [3.05, 3.63) is 68.7 Å². The Bertz CT molecular complexity index is 1380. The molecule has 1 fully saturated rings. The molecule has 4 rings (SSSR count). The van der Waals surface area contributed by atoms with Crippen molar-refractivity contribution in [2.75, 3.05) is 13.2 Å². The van der Waals surface area contributed by atoms with Gasteiger partial charge < -0.3 is 25.1 Å². The topological polar surface area (TPSA) is 122 Å². The number of hydrogen-bond donors (Lipinski definition) is 3. The number of nitrogens with zero attached hydrogens (tertiary/aromatic N) is 1. The third-order valence-electron chi connectivity index (χ3n) is 5.89. The number of rotatable bonds is 8. The molecule has 37 heavy (non-hydrogen) atoms. The molecule has 2 unspecified atom stereocenters. The Morgan fingerprint density at radius 3 is 2.70 bits per heavy atom. The Kier molecular flexibility index (Phi) is 8.34. The van der Waals surface area contributed by atoms with E-state index in [2.05, 4.69) is 20.6 Å². The predicted octanol–water partition coefficient (Wildman–Crippen LogP) is 3.24. The van der Waals surface area contributed by atoms with Crippen LogP contribution in [0, 0.1) is 11.6 Å². The van der Waals surface area contributed by atoms with Gasteiger partial charge in [0.25, 0.3) is 11.5 Å². The van der Waals surface area contributed by atoms with Crippen LogP contribution in [0.15, 0.2) is 35.1 Å². The smallest absolute Gasteiger partial charge is 0.287 e. The Balaban J connectivity index is 1.41. The second kappa shape index (κ2) is 11.7. The molecule has 1 saturated heterocycles. The number of aromatic nitrogens is 2. The quantitative estimate of drug-likeness (QED) is 0.408. The summed E-state index contributed by atoms with van der Waals surface area (Å²) in [5.41, 5.74) is -0.100. The number of ether oxygens (including phenoxy) is 2. The van der Waals surface area contributed by atoms with Crippen molar-refractivity contribution in [3.8, 4) is 5.75 Å². The number of carbonyl (C=O) groups excluding carboxylic acids is 2. The number of H-pyrrole nitrogens is 1. The van der Waals surface area contributed by atoms with E-state index in [4.69, 9.17) is 21.1 Å². The Labute approximate surface area is 215 Å². The summed E-state index contributed by atoms with van der Waals surface area (Å²) >= 11 is 5.75. The van der Waals surface area contributed by atoms with E-state index >= 15 is 0 Å². The third-order valence-corrected chi connectivity index (χ3v) is 6.18. The van der Waals surface area contributed by atoms with E-state index in [1.54, 1.807) is 0 Å². The van der Waals surface area contributed by atoms with Crippen molar-refractivity contribution < 1.29 is 27.8 Å². The predicted molar refractivity (Wildman–Crippen MR) is 132 cm³/mol. The van der Waals surface area contributed by atoms with Crippen LogP contribution in [0.3, 0.4) is 0 Å². The van der Waals surface area contributed by atoms with E-state index in [9.17, 15) is 23.2 Å². The van der Waals surface area contributed by atoms with Gasteiger partial charge in [-0.05, 0) is 42.7 Å². The van der Waals surface area contributed by atoms with E-state index in [0.29, 0.717) is 25.0 Å². The van der Waals surface area contributed by atoms with Gasteiger partial charge in [-0.2, -0.15) is 0 Å². The first kappa shape index (κ1) is 26.5. The van der Waals surface area contributed by atoms with Crippen molar-refractivity contribution in [1.82, 2.24) is 20.6 Å². The number of halogens is 3. The Morgan fingerprint density at radius 2 is 2.00 bits per heavy atom. The van der Waals surface area contributed by atoms with Crippen LogP contribution in [-0.2, 0) is 16.1 Å². The van der Waals surface area contributed by atoms with Gasteiger partial charge in [-0.1, -0.05) is 17.7 Å².